The number of hydrogen-bond donors (Lipinski definition) is 1. The van der Waals surface area contributed by atoms with Crippen molar-refractivity contribution in [2.24, 2.45) is 0 Å². The van der Waals surface area contributed by atoms with Crippen LogP contribution >= 0.6 is 11.3 Å². The number of aryl methyl sites for hydroxylation is 2. The Morgan fingerprint density at radius 1 is 1.20 bits per heavy atom. The van der Waals surface area contributed by atoms with Crippen LogP contribution in [-0.4, -0.2) is 26.9 Å². The zero-order chi connectivity index (χ0) is 13.9. The zero-order valence-electron chi connectivity index (χ0n) is 11.1. The molecule has 0 fully saturated rings. The third kappa shape index (κ3) is 2.63. The van der Waals surface area contributed by atoms with Crippen LogP contribution in [-0.2, 0) is 24.2 Å². The maximum absolute atomic E-state index is 5.68. The summed E-state index contributed by atoms with van der Waals surface area (Å²) in [5.74, 6) is 0.734. The summed E-state index contributed by atoms with van der Waals surface area (Å²) in [6.45, 7) is 0.419. The van der Waals surface area contributed by atoms with Gasteiger partial charge in [-0.25, -0.2) is 0 Å². The summed E-state index contributed by atoms with van der Waals surface area (Å²) in [6.07, 6.45) is 1.81. The van der Waals surface area contributed by atoms with Crippen molar-refractivity contribution in [3.63, 3.8) is 0 Å². The van der Waals surface area contributed by atoms with Gasteiger partial charge in [0.15, 0.2) is 5.82 Å². The average molecular weight is 289 g/mol. The van der Waals surface area contributed by atoms with E-state index in [0.717, 1.165) is 34.3 Å². The molecule has 0 aliphatic rings. The molecule has 0 aliphatic heterocycles. The van der Waals surface area contributed by atoms with E-state index in [2.05, 4.69) is 15.3 Å². The first-order valence-corrected chi connectivity index (χ1v) is 7.11. The first-order valence-electron chi connectivity index (χ1n) is 6.29. The van der Waals surface area contributed by atoms with E-state index in [1.165, 1.54) is 5.56 Å². The molecule has 1 aromatic carbocycles. The number of rotatable bonds is 5. The first-order chi connectivity index (χ1) is 9.76. The van der Waals surface area contributed by atoms with Gasteiger partial charge in [0.2, 0.25) is 4.96 Å². The van der Waals surface area contributed by atoms with E-state index >= 15 is 0 Å². The zero-order valence-corrected chi connectivity index (χ0v) is 11.9. The van der Waals surface area contributed by atoms with Crippen molar-refractivity contribution in [2.75, 3.05) is 12.8 Å². The normalized spacial score (nSPS) is 11.2. The Hall–Kier alpha value is -1.99. The summed E-state index contributed by atoms with van der Waals surface area (Å²) in [5.41, 5.74) is 7.72. The second-order valence-electron chi connectivity index (χ2n) is 4.48. The number of hydrogen-bond acceptors (Lipinski definition) is 6. The lowest BCUT2D eigenvalue weighted by Crippen LogP contribution is -1.99. The van der Waals surface area contributed by atoms with Crippen LogP contribution in [0, 0.1) is 0 Å². The van der Waals surface area contributed by atoms with E-state index < -0.39 is 0 Å². The Morgan fingerprint density at radius 3 is 2.75 bits per heavy atom. The molecule has 2 aromatic heterocycles. The van der Waals surface area contributed by atoms with Crippen molar-refractivity contribution in [1.29, 1.82) is 0 Å². The van der Waals surface area contributed by atoms with Gasteiger partial charge in [-0.2, -0.15) is 9.61 Å². The number of benzene rings is 1. The minimum absolute atomic E-state index is 0.419. The molecule has 0 saturated heterocycles. The molecule has 0 amide bonds. The molecule has 2 N–H and O–H groups in total. The van der Waals surface area contributed by atoms with Crippen molar-refractivity contribution >= 4 is 22.0 Å². The van der Waals surface area contributed by atoms with Crippen LogP contribution in [0.3, 0.4) is 0 Å². The van der Waals surface area contributed by atoms with Crippen molar-refractivity contribution in [2.45, 2.75) is 19.4 Å². The molecular formula is C13H15N5OS. The third-order valence-electron chi connectivity index (χ3n) is 2.98. The summed E-state index contributed by atoms with van der Waals surface area (Å²) in [7, 11) is 1.63. The molecular weight excluding hydrogens is 274 g/mol. The summed E-state index contributed by atoms with van der Waals surface area (Å²) in [6, 6.07) is 7.94. The lowest BCUT2D eigenvalue weighted by atomic mass is 10.1. The van der Waals surface area contributed by atoms with E-state index in [-0.39, 0.29) is 0 Å². The highest BCUT2D eigenvalue weighted by molar-refractivity contribution is 7.16. The standard InChI is InChI=1S/C13H15N5OS/c1-19-8-11-15-16-13-18(11)17-12(20-13)7-4-9-2-5-10(14)6-3-9/h2-3,5-6H,4,7-8,14H2,1H3. The van der Waals surface area contributed by atoms with Gasteiger partial charge in [0.25, 0.3) is 0 Å². The van der Waals surface area contributed by atoms with E-state index in [1.54, 1.807) is 23.0 Å². The number of aromatic nitrogens is 4. The van der Waals surface area contributed by atoms with Gasteiger partial charge in [0.1, 0.15) is 11.6 Å². The van der Waals surface area contributed by atoms with Gasteiger partial charge < -0.3 is 10.5 Å². The van der Waals surface area contributed by atoms with Crippen LogP contribution in [0.15, 0.2) is 24.3 Å². The van der Waals surface area contributed by atoms with Crippen molar-refractivity contribution in [1.82, 2.24) is 19.8 Å². The Morgan fingerprint density at radius 2 is 2.00 bits per heavy atom. The van der Waals surface area contributed by atoms with E-state index in [4.69, 9.17) is 10.5 Å². The Labute approximate surface area is 120 Å². The fourth-order valence-corrected chi connectivity index (χ4v) is 2.80. The van der Waals surface area contributed by atoms with Crippen LogP contribution in [0.4, 0.5) is 5.69 Å². The summed E-state index contributed by atoms with van der Waals surface area (Å²) < 4.78 is 6.83. The molecule has 20 heavy (non-hydrogen) atoms. The van der Waals surface area contributed by atoms with Crippen LogP contribution < -0.4 is 5.73 Å². The fraction of sp³-hybridized carbons (Fsp3) is 0.308. The van der Waals surface area contributed by atoms with Gasteiger partial charge in [-0.3, -0.25) is 0 Å². The van der Waals surface area contributed by atoms with Crippen LogP contribution in [0.2, 0.25) is 0 Å². The van der Waals surface area contributed by atoms with Crippen LogP contribution in [0.25, 0.3) is 4.96 Å². The molecule has 0 bridgehead atoms. The number of anilines is 1. The van der Waals surface area contributed by atoms with Crippen LogP contribution in [0.5, 0.6) is 0 Å². The summed E-state index contributed by atoms with van der Waals surface area (Å²) in [5, 5.41) is 13.7. The largest absolute Gasteiger partial charge is 0.399 e. The molecule has 3 aromatic rings. The fourth-order valence-electron chi connectivity index (χ4n) is 1.95. The first kappa shape index (κ1) is 13.0. The van der Waals surface area contributed by atoms with E-state index in [9.17, 15) is 0 Å². The number of nitrogens with zero attached hydrogens (tertiary/aromatic N) is 4. The number of nitrogen functional groups attached to an aromatic ring is 1. The topological polar surface area (TPSA) is 78.3 Å². The minimum atomic E-state index is 0.419. The predicted octanol–water partition coefficient (Wildman–Crippen LogP) is 1.70. The third-order valence-corrected chi connectivity index (χ3v) is 3.94. The van der Waals surface area contributed by atoms with Gasteiger partial charge >= 0.3 is 0 Å². The maximum atomic E-state index is 5.68. The highest BCUT2D eigenvalue weighted by Crippen LogP contribution is 2.17. The highest BCUT2D eigenvalue weighted by atomic mass is 32.1. The molecule has 7 heteroatoms. The highest BCUT2D eigenvalue weighted by Gasteiger charge is 2.11. The molecule has 3 rings (SSSR count). The second-order valence-corrected chi connectivity index (χ2v) is 5.52. The van der Waals surface area contributed by atoms with Gasteiger partial charge in [0, 0.05) is 19.2 Å². The van der Waals surface area contributed by atoms with Crippen molar-refractivity contribution < 1.29 is 4.74 Å². The lowest BCUT2D eigenvalue weighted by molar-refractivity contribution is 0.176. The molecule has 0 unspecified atom stereocenters. The summed E-state index contributed by atoms with van der Waals surface area (Å²) >= 11 is 1.56. The quantitative estimate of drug-likeness (QED) is 0.723. The Kier molecular flexibility index (Phi) is 3.62. The smallest absolute Gasteiger partial charge is 0.234 e. The van der Waals surface area contributed by atoms with E-state index in [1.807, 2.05) is 24.3 Å². The Balaban J connectivity index is 1.72. The lowest BCUT2D eigenvalue weighted by Gasteiger charge is -1.99. The molecule has 104 valence electrons. The maximum Gasteiger partial charge on any atom is 0.234 e. The summed E-state index contributed by atoms with van der Waals surface area (Å²) in [4.78, 5) is 0.810. The van der Waals surface area contributed by atoms with Gasteiger partial charge in [-0.05, 0) is 24.1 Å². The van der Waals surface area contributed by atoms with Gasteiger partial charge in [-0.1, -0.05) is 23.5 Å². The van der Waals surface area contributed by atoms with Crippen molar-refractivity contribution in [3.05, 3.63) is 40.7 Å². The monoisotopic (exact) mass is 289 g/mol. The van der Waals surface area contributed by atoms with Gasteiger partial charge in [-0.15, -0.1) is 10.2 Å². The van der Waals surface area contributed by atoms with Gasteiger partial charge in [0.05, 0.1) is 0 Å². The molecule has 2 heterocycles. The molecule has 0 spiro atoms. The molecule has 0 radical (unpaired) electrons. The number of ether oxygens (including phenoxy) is 1. The molecule has 0 saturated carbocycles. The SMILES string of the molecule is COCc1nnc2sc(CCc3ccc(N)cc3)nn12. The van der Waals surface area contributed by atoms with Crippen LogP contribution in [0.1, 0.15) is 16.4 Å². The number of fused-ring (bicyclic) bond motifs is 1. The van der Waals surface area contributed by atoms with E-state index in [0.29, 0.717) is 6.61 Å². The second kappa shape index (κ2) is 5.56. The molecule has 0 aliphatic carbocycles. The molecule has 0 atom stereocenters. The van der Waals surface area contributed by atoms with Crippen molar-refractivity contribution in [3.8, 4) is 0 Å². The molecule has 6 nitrogen and oxygen atoms in total. The number of nitrogens with two attached hydrogens (primary N) is 1. The Bertz CT molecular complexity index is 703. The number of methoxy groups -OCH3 is 1. The minimum Gasteiger partial charge on any atom is -0.399 e. The predicted molar refractivity (Wildman–Crippen MR) is 77.6 cm³/mol. The average Bonchev–Trinajstić information content (AvgIpc) is 3.00.